The highest BCUT2D eigenvalue weighted by molar-refractivity contribution is 6.31. The Kier molecular flexibility index (Phi) is 5.62. The fourth-order valence-corrected chi connectivity index (χ4v) is 3.01. The van der Waals surface area contributed by atoms with Crippen molar-refractivity contribution in [1.29, 1.82) is 0 Å². The van der Waals surface area contributed by atoms with Crippen LogP contribution in [0.5, 0.6) is 0 Å². The quantitative estimate of drug-likeness (QED) is 0.869. The average Bonchev–Trinajstić information content (AvgIpc) is 2.97. The predicted molar refractivity (Wildman–Crippen MR) is 91.0 cm³/mol. The van der Waals surface area contributed by atoms with Gasteiger partial charge in [-0.15, -0.1) is 0 Å². The van der Waals surface area contributed by atoms with Gasteiger partial charge in [-0.05, 0) is 17.5 Å². The van der Waals surface area contributed by atoms with E-state index < -0.39 is 5.97 Å². The molecule has 128 valence electrons. The summed E-state index contributed by atoms with van der Waals surface area (Å²) in [6.07, 6.45) is 2.57. The first kappa shape index (κ1) is 18.0. The molecule has 0 fully saturated rings. The maximum absolute atomic E-state index is 12.7. The number of aromatic carboxylic acids is 1. The number of carboxylic acids is 1. The zero-order valence-electron chi connectivity index (χ0n) is 13.8. The van der Waals surface area contributed by atoms with E-state index in [0.29, 0.717) is 5.02 Å². The van der Waals surface area contributed by atoms with Crippen molar-refractivity contribution in [2.24, 2.45) is 5.92 Å². The summed E-state index contributed by atoms with van der Waals surface area (Å²) >= 11 is 6.29. The number of amides is 1. The number of imidazole rings is 1. The predicted octanol–water partition coefficient (Wildman–Crippen LogP) is 3.09. The zero-order valence-corrected chi connectivity index (χ0v) is 14.6. The number of carboxylic acid groups (broad SMARTS) is 1. The van der Waals surface area contributed by atoms with Crippen LogP contribution < -0.4 is 0 Å². The van der Waals surface area contributed by atoms with Crippen LogP contribution in [-0.2, 0) is 11.3 Å². The van der Waals surface area contributed by atoms with Gasteiger partial charge in [-0.25, -0.2) is 9.78 Å². The summed E-state index contributed by atoms with van der Waals surface area (Å²) < 4.78 is 1.32. The Morgan fingerprint density at radius 2 is 2.00 bits per heavy atom. The molecular weight excluding hydrogens is 330 g/mol. The highest BCUT2D eigenvalue weighted by atomic mass is 35.5. The van der Waals surface area contributed by atoms with Gasteiger partial charge in [-0.1, -0.05) is 43.6 Å². The van der Waals surface area contributed by atoms with E-state index in [1.54, 1.807) is 18.0 Å². The Balaban J connectivity index is 2.25. The molecule has 6 nitrogen and oxygen atoms in total. The summed E-state index contributed by atoms with van der Waals surface area (Å²) in [7, 11) is 1.70. The SMILES string of the molecule is CC(C)C(c1ccccc1Cl)N(C)C(=O)Cn1cncc1C(=O)O. The van der Waals surface area contributed by atoms with Crippen LogP contribution in [0.15, 0.2) is 36.8 Å². The second kappa shape index (κ2) is 7.49. The Morgan fingerprint density at radius 1 is 1.33 bits per heavy atom. The molecule has 1 heterocycles. The molecular formula is C17H20ClN3O3. The van der Waals surface area contributed by atoms with E-state index in [2.05, 4.69) is 4.98 Å². The normalized spacial score (nSPS) is 12.2. The monoisotopic (exact) mass is 349 g/mol. The molecule has 0 aliphatic carbocycles. The van der Waals surface area contributed by atoms with Gasteiger partial charge in [0.05, 0.1) is 18.6 Å². The van der Waals surface area contributed by atoms with Gasteiger partial charge in [-0.2, -0.15) is 0 Å². The van der Waals surface area contributed by atoms with Crippen LogP contribution in [-0.4, -0.2) is 38.5 Å². The van der Waals surface area contributed by atoms with Crippen LogP contribution in [0.3, 0.4) is 0 Å². The number of rotatable bonds is 6. The van der Waals surface area contributed by atoms with Crippen molar-refractivity contribution in [1.82, 2.24) is 14.5 Å². The van der Waals surface area contributed by atoms with E-state index in [1.807, 2.05) is 32.0 Å². The van der Waals surface area contributed by atoms with Crippen molar-refractivity contribution in [2.75, 3.05) is 7.05 Å². The van der Waals surface area contributed by atoms with Crippen LogP contribution in [0.25, 0.3) is 0 Å². The van der Waals surface area contributed by atoms with Gasteiger partial charge < -0.3 is 14.6 Å². The van der Waals surface area contributed by atoms with Gasteiger partial charge in [0.1, 0.15) is 12.2 Å². The van der Waals surface area contributed by atoms with Gasteiger partial charge in [0.25, 0.3) is 0 Å². The molecule has 0 spiro atoms. The van der Waals surface area contributed by atoms with Gasteiger partial charge in [-0.3, -0.25) is 4.79 Å². The third-order valence-corrected chi connectivity index (χ3v) is 4.25. The molecule has 7 heteroatoms. The van der Waals surface area contributed by atoms with Crippen LogP contribution >= 0.6 is 11.6 Å². The number of aromatic nitrogens is 2. The summed E-state index contributed by atoms with van der Waals surface area (Å²) in [4.78, 5) is 29.2. The van der Waals surface area contributed by atoms with Gasteiger partial charge in [0, 0.05) is 12.1 Å². The van der Waals surface area contributed by atoms with Crippen molar-refractivity contribution >= 4 is 23.5 Å². The number of halogens is 1. The van der Waals surface area contributed by atoms with Crippen molar-refractivity contribution in [2.45, 2.75) is 26.4 Å². The molecule has 1 aromatic carbocycles. The molecule has 0 radical (unpaired) electrons. The van der Waals surface area contributed by atoms with Gasteiger partial charge in [0.2, 0.25) is 5.91 Å². The fraction of sp³-hybridized carbons (Fsp3) is 0.353. The third-order valence-electron chi connectivity index (χ3n) is 3.90. The Hall–Kier alpha value is -2.34. The van der Waals surface area contributed by atoms with Crippen molar-refractivity contribution in [3.63, 3.8) is 0 Å². The summed E-state index contributed by atoms with van der Waals surface area (Å²) in [6.45, 7) is 3.93. The molecule has 0 bridgehead atoms. The average molecular weight is 350 g/mol. The highest BCUT2D eigenvalue weighted by Crippen LogP contribution is 2.32. The Labute approximate surface area is 145 Å². The number of hydrogen-bond donors (Lipinski definition) is 1. The molecule has 24 heavy (non-hydrogen) atoms. The minimum absolute atomic E-state index is 0.0180. The molecule has 1 N–H and O–H groups in total. The largest absolute Gasteiger partial charge is 0.477 e. The second-order valence-corrected chi connectivity index (χ2v) is 6.33. The van der Waals surface area contributed by atoms with E-state index in [-0.39, 0.29) is 30.1 Å². The van der Waals surface area contributed by atoms with E-state index in [9.17, 15) is 9.59 Å². The molecule has 1 unspecified atom stereocenters. The molecule has 0 aliphatic rings. The smallest absolute Gasteiger partial charge is 0.354 e. The number of carbonyl (C=O) groups excluding carboxylic acids is 1. The van der Waals surface area contributed by atoms with Gasteiger partial charge in [0.15, 0.2) is 0 Å². The van der Waals surface area contributed by atoms with Crippen molar-refractivity contribution in [3.8, 4) is 0 Å². The molecule has 0 saturated carbocycles. The molecule has 0 saturated heterocycles. The van der Waals surface area contributed by atoms with E-state index in [1.165, 1.54) is 17.1 Å². The summed E-state index contributed by atoms with van der Waals surface area (Å²) in [5.74, 6) is -1.19. The van der Waals surface area contributed by atoms with E-state index in [0.717, 1.165) is 5.56 Å². The summed E-state index contributed by atoms with van der Waals surface area (Å²) in [5.41, 5.74) is 0.852. The maximum atomic E-state index is 12.7. The minimum atomic E-state index is -1.12. The molecule has 2 aromatic rings. The first-order chi connectivity index (χ1) is 11.3. The number of likely N-dealkylation sites (N-methyl/N-ethyl adjacent to an activating group) is 1. The van der Waals surface area contributed by atoms with Crippen LogP contribution in [0.1, 0.15) is 35.9 Å². The Morgan fingerprint density at radius 3 is 2.58 bits per heavy atom. The molecule has 1 amide bonds. The zero-order chi connectivity index (χ0) is 17.9. The lowest BCUT2D eigenvalue weighted by Gasteiger charge is -2.32. The van der Waals surface area contributed by atoms with Crippen molar-refractivity contribution < 1.29 is 14.7 Å². The van der Waals surface area contributed by atoms with Crippen LogP contribution in [0, 0.1) is 5.92 Å². The van der Waals surface area contributed by atoms with Gasteiger partial charge >= 0.3 is 5.97 Å². The molecule has 0 aliphatic heterocycles. The maximum Gasteiger partial charge on any atom is 0.354 e. The first-order valence-electron chi connectivity index (χ1n) is 7.56. The highest BCUT2D eigenvalue weighted by Gasteiger charge is 2.27. The lowest BCUT2D eigenvalue weighted by Crippen LogP contribution is -2.36. The number of carbonyl (C=O) groups is 2. The lowest BCUT2D eigenvalue weighted by atomic mass is 9.94. The second-order valence-electron chi connectivity index (χ2n) is 5.93. The topological polar surface area (TPSA) is 75.4 Å². The molecule has 1 aromatic heterocycles. The van der Waals surface area contributed by atoms with E-state index >= 15 is 0 Å². The minimum Gasteiger partial charge on any atom is -0.477 e. The molecule has 1 atom stereocenters. The summed E-state index contributed by atoms with van der Waals surface area (Å²) in [5, 5.41) is 9.72. The van der Waals surface area contributed by atoms with E-state index in [4.69, 9.17) is 16.7 Å². The lowest BCUT2D eigenvalue weighted by molar-refractivity contribution is -0.133. The standard InChI is InChI=1S/C17H20ClN3O3/c1-11(2)16(12-6-4-5-7-13(12)18)20(3)15(22)9-21-10-19-8-14(21)17(23)24/h4-8,10-11,16H,9H2,1-3H3,(H,23,24). The number of hydrogen-bond acceptors (Lipinski definition) is 3. The Bertz CT molecular complexity index is 742. The number of nitrogens with zero attached hydrogens (tertiary/aromatic N) is 3. The third kappa shape index (κ3) is 3.76. The first-order valence-corrected chi connectivity index (χ1v) is 7.94. The number of benzene rings is 1. The summed E-state index contributed by atoms with van der Waals surface area (Å²) in [6, 6.07) is 7.21. The molecule has 2 rings (SSSR count). The fourth-order valence-electron chi connectivity index (χ4n) is 2.77. The van der Waals surface area contributed by atoms with Crippen LogP contribution in [0.4, 0.5) is 0 Å². The van der Waals surface area contributed by atoms with Crippen LogP contribution in [0.2, 0.25) is 5.02 Å². The van der Waals surface area contributed by atoms with Crippen molar-refractivity contribution in [3.05, 3.63) is 53.1 Å².